The molecule has 32 heteroatoms. The number of hydrogen-bond acceptors (Lipinski definition) is 23. The molecule has 3 saturated heterocycles. The van der Waals surface area contributed by atoms with Crippen LogP contribution in [0.25, 0.3) is 11.3 Å². The molecule has 27 nitrogen and oxygen atoms in total. The minimum absolute atomic E-state index is 0.0309. The molecule has 2 aromatic carbocycles. The highest BCUT2D eigenvalue weighted by molar-refractivity contribution is 7.17. The molecular weight excluding hydrogens is 1340 g/mol. The van der Waals surface area contributed by atoms with Crippen molar-refractivity contribution in [2.24, 2.45) is 5.92 Å². The zero-order valence-corrected chi connectivity index (χ0v) is 57.4. The third kappa shape index (κ3) is 24.2. The van der Waals surface area contributed by atoms with Crippen molar-refractivity contribution in [1.82, 2.24) is 39.9 Å². The first-order valence-corrected chi connectivity index (χ1v) is 34.4. The Labute approximate surface area is 581 Å². The van der Waals surface area contributed by atoms with Crippen LogP contribution in [0, 0.1) is 19.8 Å². The van der Waals surface area contributed by atoms with Crippen LogP contribution in [-0.2, 0) is 52.2 Å². The van der Waals surface area contributed by atoms with E-state index < -0.39 is 11.5 Å². The topological polar surface area (TPSA) is 288 Å². The van der Waals surface area contributed by atoms with E-state index in [4.69, 9.17) is 70.8 Å². The quantitative estimate of drug-likeness (QED) is 0.0206. The summed E-state index contributed by atoms with van der Waals surface area (Å²) < 4.78 is 83.4. The van der Waals surface area contributed by atoms with Crippen molar-refractivity contribution in [1.29, 1.82) is 0 Å². The fourth-order valence-electron chi connectivity index (χ4n) is 10.8. The molecule has 7 heterocycles. The maximum absolute atomic E-state index is 13.5. The molecular formula is C66H85Cl2F2N13O14S. The monoisotopic (exact) mass is 1420 g/mol. The maximum Gasteiger partial charge on any atom is 0.487 e. The first-order chi connectivity index (χ1) is 47.6. The summed E-state index contributed by atoms with van der Waals surface area (Å²) in [7, 11) is 0. The zero-order valence-electron chi connectivity index (χ0n) is 55.0. The number of hydrogen-bond donors (Lipinski definition) is 4. The van der Waals surface area contributed by atoms with Gasteiger partial charge in [0.1, 0.15) is 33.9 Å². The first kappa shape index (κ1) is 74.9. The molecule has 4 N–H and O–H groups in total. The van der Waals surface area contributed by atoms with Gasteiger partial charge in [-0.2, -0.15) is 5.10 Å². The van der Waals surface area contributed by atoms with Crippen molar-refractivity contribution in [2.45, 2.75) is 64.2 Å². The number of para-hydroxylation sites is 1. The summed E-state index contributed by atoms with van der Waals surface area (Å²) in [6, 6.07) is 16.3. The lowest BCUT2D eigenvalue weighted by atomic mass is 9.95. The molecule has 0 radical (unpaired) electrons. The third-order valence-corrected chi connectivity index (χ3v) is 17.1. The molecule has 3 fully saturated rings. The summed E-state index contributed by atoms with van der Waals surface area (Å²) in [5.41, 5.74) is -0.430. The van der Waals surface area contributed by atoms with Gasteiger partial charge in [0, 0.05) is 99.6 Å². The summed E-state index contributed by atoms with van der Waals surface area (Å²) in [6.07, 6.45) is 8.60. The summed E-state index contributed by atoms with van der Waals surface area (Å²) in [4.78, 5) is 77.5. The van der Waals surface area contributed by atoms with E-state index in [1.54, 1.807) is 18.3 Å². The van der Waals surface area contributed by atoms with Gasteiger partial charge in [0.2, 0.25) is 11.8 Å². The first-order valence-electron chi connectivity index (χ1n) is 32.8. The molecule has 532 valence electrons. The Bertz CT molecular complexity index is 3440. The number of aryl methyl sites for hydroxylation is 2. The summed E-state index contributed by atoms with van der Waals surface area (Å²) >= 11 is 12.4. The van der Waals surface area contributed by atoms with Crippen molar-refractivity contribution >= 4 is 92.1 Å². The lowest BCUT2D eigenvalue weighted by Gasteiger charge is -2.35. The van der Waals surface area contributed by atoms with Crippen molar-refractivity contribution in [3.8, 4) is 17.0 Å². The maximum atomic E-state index is 13.5. The molecule has 98 heavy (non-hydrogen) atoms. The molecule has 1 unspecified atom stereocenters. The molecule has 4 aromatic heterocycles. The van der Waals surface area contributed by atoms with Crippen LogP contribution in [0.15, 0.2) is 79.3 Å². The smallest absolute Gasteiger partial charge is 0.420 e. The van der Waals surface area contributed by atoms with Crippen LogP contribution in [0.5, 0.6) is 5.75 Å². The Kier molecular flexibility index (Phi) is 30.2. The largest absolute Gasteiger partial charge is 0.487 e. The number of carbonyl (C=O) groups is 4. The van der Waals surface area contributed by atoms with E-state index in [1.807, 2.05) is 47.7 Å². The van der Waals surface area contributed by atoms with E-state index in [0.717, 1.165) is 36.3 Å². The fourth-order valence-corrected chi connectivity index (χ4v) is 11.9. The fraction of sp³-hybridized carbons (Fsp3) is 0.530. The van der Waals surface area contributed by atoms with Crippen molar-refractivity contribution < 1.29 is 75.3 Å². The number of ether oxygens (including phenoxy) is 10. The van der Waals surface area contributed by atoms with Crippen LogP contribution >= 0.6 is 34.5 Å². The Morgan fingerprint density at radius 1 is 0.684 bits per heavy atom. The van der Waals surface area contributed by atoms with Gasteiger partial charge >= 0.3 is 5.57 Å². The van der Waals surface area contributed by atoms with Crippen LogP contribution < -0.4 is 35.8 Å². The number of aromatic nitrogens is 6. The molecule has 3 aliphatic rings. The van der Waals surface area contributed by atoms with E-state index in [1.165, 1.54) is 48.0 Å². The van der Waals surface area contributed by atoms with E-state index in [2.05, 4.69) is 55.9 Å². The number of pyridine rings is 1. The average molecular weight is 1430 g/mol. The van der Waals surface area contributed by atoms with Crippen LogP contribution in [0.2, 0.25) is 5.02 Å². The van der Waals surface area contributed by atoms with E-state index >= 15 is 0 Å². The number of anilines is 6. The molecule has 3 aliphatic heterocycles. The number of rotatable bonds is 40. The van der Waals surface area contributed by atoms with Gasteiger partial charge in [-0.1, -0.05) is 35.1 Å². The second-order valence-electron chi connectivity index (χ2n) is 22.9. The number of nitrogens with one attached hydrogen (secondary N) is 4. The molecule has 0 spiro atoms. The highest BCUT2D eigenvalue weighted by atomic mass is 35.5. The Hall–Kier alpha value is -7.33. The SMILES string of the molecule is Cc1nc(Nc2ncc(C(=O)Nc3c(C)cccc3Cl)s2)cc(N2CCN(C(=O)CCOCCOCCOCCOCCOCCOCCOCCOCCNC(=O)C3CCN(c4ncc(C(=O)Nc5ccc(OC(F)(F)Cl)cc5)cc4-c4ccnn4C4CCCCO4)CC3)CC2)n1. The van der Waals surface area contributed by atoms with Crippen molar-refractivity contribution in [2.75, 3.05) is 184 Å². The summed E-state index contributed by atoms with van der Waals surface area (Å²) in [6.45, 7) is 14.4. The van der Waals surface area contributed by atoms with Crippen LogP contribution in [0.1, 0.15) is 76.2 Å². The molecule has 0 aliphatic carbocycles. The Balaban J connectivity index is 0.524. The Morgan fingerprint density at radius 2 is 1.32 bits per heavy atom. The third-order valence-electron chi connectivity index (χ3n) is 15.8. The minimum Gasteiger partial charge on any atom is -0.420 e. The van der Waals surface area contributed by atoms with Crippen molar-refractivity contribution in [3.05, 3.63) is 106 Å². The predicted molar refractivity (Wildman–Crippen MR) is 364 cm³/mol. The van der Waals surface area contributed by atoms with Crippen LogP contribution in [0.3, 0.4) is 0 Å². The number of benzene rings is 2. The molecule has 4 amide bonds. The number of alkyl halides is 3. The number of amides is 4. The predicted octanol–water partition coefficient (Wildman–Crippen LogP) is 8.78. The highest BCUT2D eigenvalue weighted by Crippen LogP contribution is 2.37. The molecule has 0 saturated carbocycles. The lowest BCUT2D eigenvalue weighted by Crippen LogP contribution is -2.49. The van der Waals surface area contributed by atoms with Gasteiger partial charge in [-0.25, -0.2) is 24.6 Å². The average Bonchev–Trinajstić information content (AvgIpc) is 0.964. The zero-order chi connectivity index (χ0) is 68.9. The number of nitrogens with zero attached hydrogens (tertiary/aromatic N) is 9. The molecule has 0 bridgehead atoms. The van der Waals surface area contributed by atoms with Gasteiger partial charge in [-0.05, 0) is 94.0 Å². The summed E-state index contributed by atoms with van der Waals surface area (Å²) in [5.74, 6) is 1.35. The van der Waals surface area contributed by atoms with E-state index in [-0.39, 0.29) is 47.6 Å². The molecule has 1 atom stereocenters. The van der Waals surface area contributed by atoms with Gasteiger partial charge in [-0.15, -0.1) is 8.78 Å². The standard InChI is InChI=1S/C66H85Cl2F2N13O14S/c1-46-6-5-7-53(67)60(46)79-64(87)55-45-73-65(98-55)78-56-43-57(76-47(2)75-56)80-21-23-81(24-22-80)58(84)16-26-88-28-30-90-32-34-92-36-38-94-40-41-95-39-37-93-35-33-91-31-29-89-27-18-71-62(85)48-14-19-82(20-15-48)61-52(54-13-17-74-83(54)59-8-3-4-25-96-59)42-49(44-72-61)63(86)77-50-9-11-51(12-10-50)97-66(68,69)70/h5-7,9-13,17,42-45,48,59H,3-4,8,14-16,18-41H2,1-2H3,(H,71,85)(H,77,86)(H,79,87)(H,73,75,76,78). The van der Waals surface area contributed by atoms with E-state index in [9.17, 15) is 28.0 Å². The number of piperazine rings is 1. The highest BCUT2D eigenvalue weighted by Gasteiger charge is 2.31. The van der Waals surface area contributed by atoms with Crippen LogP contribution in [-0.4, -0.2) is 222 Å². The number of piperidine rings is 1. The van der Waals surface area contributed by atoms with Gasteiger partial charge < -0.3 is 83.3 Å². The minimum atomic E-state index is -3.87. The summed E-state index contributed by atoms with van der Waals surface area (Å²) in [5, 5.41) is 17.4. The number of carbonyl (C=O) groups excluding carboxylic acids is 4. The second kappa shape index (κ2) is 39.5. The Morgan fingerprint density at radius 3 is 1.93 bits per heavy atom. The second-order valence-corrected chi connectivity index (χ2v) is 24.7. The van der Waals surface area contributed by atoms with Gasteiger partial charge in [0.25, 0.3) is 11.8 Å². The molecule has 9 rings (SSSR count). The normalized spacial score (nSPS) is 15.3. The van der Waals surface area contributed by atoms with Crippen molar-refractivity contribution in [3.63, 3.8) is 0 Å². The van der Waals surface area contributed by atoms with Gasteiger partial charge in [0.05, 0.1) is 140 Å². The lowest BCUT2D eigenvalue weighted by molar-refractivity contribution is -0.132. The van der Waals surface area contributed by atoms with Crippen LogP contribution in [0.4, 0.5) is 42.7 Å². The van der Waals surface area contributed by atoms with Gasteiger partial charge in [-0.3, -0.25) is 19.2 Å². The number of halogens is 4. The number of thiazole rings is 1. The van der Waals surface area contributed by atoms with Gasteiger partial charge in [0.15, 0.2) is 11.4 Å². The van der Waals surface area contributed by atoms with E-state index in [0.29, 0.717) is 220 Å². The molecule has 6 aromatic rings.